The third-order valence-electron chi connectivity index (χ3n) is 3.75. The number of ether oxygens (including phenoxy) is 1. The molecule has 0 aromatic heterocycles. The minimum atomic E-state index is -1.32. The quantitative estimate of drug-likeness (QED) is 0.594. The molecule has 6 heteroatoms. The summed E-state index contributed by atoms with van der Waals surface area (Å²) in [6.45, 7) is 5.42. The molecular weight excluding hydrogens is 304 g/mol. The molecule has 1 aliphatic heterocycles. The zero-order valence-corrected chi connectivity index (χ0v) is 13.2. The summed E-state index contributed by atoms with van der Waals surface area (Å²) < 4.78 is 5.47. The number of hydrogen-bond donors (Lipinski definition) is 4. The van der Waals surface area contributed by atoms with E-state index in [1.54, 1.807) is 0 Å². The van der Waals surface area contributed by atoms with E-state index in [1.165, 1.54) is 11.8 Å². The lowest BCUT2D eigenvalue weighted by molar-refractivity contribution is -0.222. The number of aliphatic hydroxyl groups excluding tert-OH is 4. The van der Waals surface area contributed by atoms with Crippen LogP contribution in [0.1, 0.15) is 12.5 Å². The fourth-order valence-corrected chi connectivity index (χ4v) is 3.29. The maximum atomic E-state index is 9.97. The maximum Gasteiger partial charge on any atom is 0.111 e. The molecule has 0 aliphatic carbocycles. The Morgan fingerprint density at radius 1 is 1.09 bits per heavy atom. The molecule has 0 spiro atoms. The van der Waals surface area contributed by atoms with Crippen LogP contribution < -0.4 is 0 Å². The highest BCUT2D eigenvalue weighted by Gasteiger charge is 2.43. The second kappa shape index (κ2) is 7.59. The summed E-state index contributed by atoms with van der Waals surface area (Å²) >= 11 is 1.48. The molecule has 0 amide bonds. The molecular formula is C16H22O5S. The molecule has 1 saturated heterocycles. The van der Waals surface area contributed by atoms with Gasteiger partial charge in [0.25, 0.3) is 0 Å². The summed E-state index contributed by atoms with van der Waals surface area (Å²) in [7, 11) is 0. The van der Waals surface area contributed by atoms with Crippen molar-refractivity contribution >= 4 is 17.3 Å². The van der Waals surface area contributed by atoms with E-state index in [9.17, 15) is 15.3 Å². The average Bonchev–Trinajstić information content (AvgIpc) is 2.52. The molecule has 5 nitrogen and oxygen atoms in total. The largest absolute Gasteiger partial charge is 0.394 e. The second-order valence-corrected chi connectivity index (χ2v) is 6.58. The third kappa shape index (κ3) is 3.90. The van der Waals surface area contributed by atoms with Gasteiger partial charge in [-0.3, -0.25) is 0 Å². The second-order valence-electron chi connectivity index (χ2n) is 5.48. The van der Waals surface area contributed by atoms with Gasteiger partial charge in [-0.25, -0.2) is 0 Å². The summed E-state index contributed by atoms with van der Waals surface area (Å²) in [6, 6.07) is 7.85. The maximum absolute atomic E-state index is 9.97. The minimum absolute atomic E-state index is 0.403. The first-order valence-electron chi connectivity index (χ1n) is 7.13. The highest BCUT2D eigenvalue weighted by molar-refractivity contribution is 7.99. The van der Waals surface area contributed by atoms with Crippen molar-refractivity contribution in [3.05, 3.63) is 36.4 Å². The Morgan fingerprint density at radius 3 is 2.23 bits per heavy atom. The molecule has 22 heavy (non-hydrogen) atoms. The fourth-order valence-electron chi connectivity index (χ4n) is 2.33. The molecule has 5 unspecified atom stereocenters. The van der Waals surface area contributed by atoms with Gasteiger partial charge < -0.3 is 25.2 Å². The highest BCUT2D eigenvalue weighted by Crippen LogP contribution is 2.27. The van der Waals surface area contributed by atoms with Crippen LogP contribution in [0.2, 0.25) is 0 Å². The van der Waals surface area contributed by atoms with Crippen LogP contribution in [0.3, 0.4) is 0 Å². The average molecular weight is 326 g/mol. The van der Waals surface area contributed by atoms with Crippen molar-refractivity contribution in [2.24, 2.45) is 0 Å². The van der Waals surface area contributed by atoms with Crippen LogP contribution in [0.5, 0.6) is 0 Å². The summed E-state index contributed by atoms with van der Waals surface area (Å²) in [5, 5.41) is 38.6. The molecule has 4 N–H and O–H groups in total. The van der Waals surface area contributed by atoms with E-state index in [0.717, 1.165) is 16.0 Å². The van der Waals surface area contributed by atoms with Crippen LogP contribution >= 0.6 is 11.8 Å². The van der Waals surface area contributed by atoms with Crippen LogP contribution in [0, 0.1) is 0 Å². The lowest BCUT2D eigenvalue weighted by atomic mass is 9.96. The Balaban J connectivity index is 1.96. The van der Waals surface area contributed by atoms with Crippen molar-refractivity contribution in [1.82, 2.24) is 0 Å². The van der Waals surface area contributed by atoms with E-state index in [0.29, 0.717) is 5.75 Å². The van der Waals surface area contributed by atoms with Gasteiger partial charge in [0.05, 0.1) is 12.7 Å². The van der Waals surface area contributed by atoms with Crippen molar-refractivity contribution < 1.29 is 25.2 Å². The van der Waals surface area contributed by atoms with Crippen LogP contribution in [0.25, 0.3) is 5.57 Å². The van der Waals surface area contributed by atoms with Crippen molar-refractivity contribution in [2.45, 2.75) is 42.3 Å². The number of rotatable bonds is 5. The van der Waals surface area contributed by atoms with Gasteiger partial charge in [0.15, 0.2) is 0 Å². The van der Waals surface area contributed by atoms with Crippen molar-refractivity contribution in [1.29, 1.82) is 0 Å². The van der Waals surface area contributed by atoms with Gasteiger partial charge in [-0.15, -0.1) is 11.8 Å². The lowest BCUT2D eigenvalue weighted by Crippen LogP contribution is -2.59. The molecule has 0 bridgehead atoms. The van der Waals surface area contributed by atoms with Gasteiger partial charge in [0, 0.05) is 10.6 Å². The monoisotopic (exact) mass is 326 g/mol. The highest BCUT2D eigenvalue weighted by atomic mass is 32.2. The molecule has 1 heterocycles. The first kappa shape index (κ1) is 17.5. The van der Waals surface area contributed by atoms with Crippen LogP contribution in [-0.4, -0.2) is 63.3 Å². The predicted octanol–water partition coefficient (Wildman–Crippen LogP) is 0.654. The standard InChI is InChI=1S/C16H22O5S/c1-9(2)10-3-5-11(6-4-10)22-8-13-15(19)16(20)14(18)12(7-17)21-13/h3-6,12-20H,1,7-8H2,2H3. The Kier molecular flexibility index (Phi) is 6.02. The Labute approximate surface area is 134 Å². The number of aliphatic hydroxyl groups is 4. The molecule has 1 aliphatic rings. The van der Waals surface area contributed by atoms with Crippen molar-refractivity contribution in [3.63, 3.8) is 0 Å². The van der Waals surface area contributed by atoms with E-state index >= 15 is 0 Å². The van der Waals surface area contributed by atoms with E-state index in [4.69, 9.17) is 9.84 Å². The summed E-state index contributed by atoms with van der Waals surface area (Å²) in [5.41, 5.74) is 2.06. The predicted molar refractivity (Wildman–Crippen MR) is 85.6 cm³/mol. The molecule has 0 saturated carbocycles. The van der Waals surface area contributed by atoms with Gasteiger partial charge in [-0.1, -0.05) is 24.3 Å². The van der Waals surface area contributed by atoms with Gasteiger partial charge >= 0.3 is 0 Å². The third-order valence-corrected chi connectivity index (χ3v) is 4.85. The van der Waals surface area contributed by atoms with E-state index in [1.807, 2.05) is 31.2 Å². The summed E-state index contributed by atoms with van der Waals surface area (Å²) in [4.78, 5) is 1.00. The Morgan fingerprint density at radius 2 is 1.68 bits per heavy atom. The number of allylic oxidation sites excluding steroid dienone is 1. The normalized spacial score (nSPS) is 32.0. The first-order valence-corrected chi connectivity index (χ1v) is 8.12. The Hall–Kier alpha value is -0.890. The zero-order chi connectivity index (χ0) is 16.3. The van der Waals surface area contributed by atoms with Crippen LogP contribution in [0.15, 0.2) is 35.7 Å². The van der Waals surface area contributed by atoms with Crippen LogP contribution in [-0.2, 0) is 4.74 Å². The van der Waals surface area contributed by atoms with Gasteiger partial charge in [0.2, 0.25) is 0 Å². The topological polar surface area (TPSA) is 90.2 Å². The SMILES string of the molecule is C=C(C)c1ccc(SCC2OC(CO)C(O)C(O)C2O)cc1. The van der Waals surface area contributed by atoms with E-state index in [-0.39, 0.29) is 0 Å². The molecule has 122 valence electrons. The number of thioether (sulfide) groups is 1. The van der Waals surface area contributed by atoms with Crippen LogP contribution in [0.4, 0.5) is 0 Å². The van der Waals surface area contributed by atoms with Crippen molar-refractivity contribution in [2.75, 3.05) is 12.4 Å². The van der Waals surface area contributed by atoms with Gasteiger partial charge in [-0.05, 0) is 24.6 Å². The molecule has 0 radical (unpaired) electrons. The zero-order valence-electron chi connectivity index (χ0n) is 12.4. The first-order chi connectivity index (χ1) is 10.4. The molecule has 1 aromatic rings. The minimum Gasteiger partial charge on any atom is -0.394 e. The summed E-state index contributed by atoms with van der Waals surface area (Å²) in [6.07, 6.45) is -5.31. The molecule has 5 atom stereocenters. The van der Waals surface area contributed by atoms with E-state index in [2.05, 4.69) is 6.58 Å². The summed E-state index contributed by atoms with van der Waals surface area (Å²) in [5.74, 6) is 0.411. The lowest BCUT2D eigenvalue weighted by Gasteiger charge is -2.40. The van der Waals surface area contributed by atoms with Gasteiger partial charge in [-0.2, -0.15) is 0 Å². The Bertz CT molecular complexity index is 502. The van der Waals surface area contributed by atoms with Gasteiger partial charge in [0.1, 0.15) is 24.4 Å². The number of hydrogen-bond acceptors (Lipinski definition) is 6. The smallest absolute Gasteiger partial charge is 0.111 e. The van der Waals surface area contributed by atoms with E-state index < -0.39 is 37.1 Å². The number of benzene rings is 1. The molecule has 1 aromatic carbocycles. The fraction of sp³-hybridized carbons (Fsp3) is 0.500. The van der Waals surface area contributed by atoms with Crippen molar-refractivity contribution in [3.8, 4) is 0 Å². The molecule has 2 rings (SSSR count). The molecule has 1 fully saturated rings.